The highest BCUT2D eigenvalue weighted by molar-refractivity contribution is 5.97. The number of carboxylic acid groups (broad SMARTS) is 2. The number of benzene rings is 1. The predicted molar refractivity (Wildman–Crippen MR) is 179 cm³/mol. The zero-order chi connectivity index (χ0) is 36.8. The molecule has 0 spiro atoms. The minimum Gasteiger partial charge on any atom is -0.489 e. The van der Waals surface area contributed by atoms with E-state index >= 15 is 0 Å². The summed E-state index contributed by atoms with van der Waals surface area (Å²) in [4.78, 5) is 60.7. The molecule has 3 amide bonds. The molecule has 0 bridgehead atoms. The van der Waals surface area contributed by atoms with Crippen LogP contribution in [0.3, 0.4) is 0 Å². The number of piperazine rings is 1. The van der Waals surface area contributed by atoms with Gasteiger partial charge >= 0.3 is 11.9 Å². The maximum absolute atomic E-state index is 13.3. The maximum Gasteiger partial charge on any atom is 0.328 e. The van der Waals surface area contributed by atoms with E-state index in [9.17, 15) is 29.1 Å². The summed E-state index contributed by atoms with van der Waals surface area (Å²) in [7, 11) is 1.60. The van der Waals surface area contributed by atoms with E-state index in [-0.39, 0.29) is 43.8 Å². The maximum atomic E-state index is 13.3. The highest BCUT2D eigenvalue weighted by Crippen LogP contribution is 2.33. The normalized spacial score (nSPS) is 16.9. The first kappa shape index (κ1) is 42.0. The summed E-state index contributed by atoms with van der Waals surface area (Å²) in [5.41, 5.74) is 11.2. The molecule has 1 heterocycles. The number of nitrogens with one attached hydrogen (secondary N) is 1. The molecule has 0 aliphatic carbocycles. The third-order valence-corrected chi connectivity index (χ3v) is 8.03. The van der Waals surface area contributed by atoms with Crippen LogP contribution in [-0.2, 0) is 28.7 Å². The molecule has 8 N–H and O–H groups in total. The van der Waals surface area contributed by atoms with Crippen LogP contribution in [0.4, 0.5) is 5.69 Å². The van der Waals surface area contributed by atoms with Crippen molar-refractivity contribution in [1.82, 2.24) is 10.2 Å². The van der Waals surface area contributed by atoms with Crippen molar-refractivity contribution in [1.29, 1.82) is 0 Å². The molecule has 0 radical (unpaired) electrons. The average Bonchev–Trinajstić information content (AvgIpc) is 2.99. The zero-order valence-electron chi connectivity index (χ0n) is 29.0. The summed E-state index contributed by atoms with van der Waals surface area (Å²) in [6.07, 6.45) is 0.300. The Bertz CT molecular complexity index is 1270. The van der Waals surface area contributed by atoms with Gasteiger partial charge in [0.25, 0.3) is 0 Å². The first-order valence-electron chi connectivity index (χ1n) is 15.6. The lowest BCUT2D eigenvalue weighted by Gasteiger charge is -2.48. The Hall–Kier alpha value is -4.05. The van der Waals surface area contributed by atoms with Crippen molar-refractivity contribution < 1.29 is 48.8 Å². The first-order chi connectivity index (χ1) is 22.2. The summed E-state index contributed by atoms with van der Waals surface area (Å²) >= 11 is 0. The van der Waals surface area contributed by atoms with Crippen LogP contribution >= 0.6 is 0 Å². The van der Waals surface area contributed by atoms with Gasteiger partial charge < -0.3 is 46.5 Å². The van der Waals surface area contributed by atoms with Crippen LogP contribution in [0.15, 0.2) is 36.4 Å². The van der Waals surface area contributed by atoms with Crippen LogP contribution in [0, 0.1) is 17.3 Å². The molecule has 0 unspecified atom stereocenters. The SMILES string of the molecule is COCCOc1ccccc1N1CC(C)(C)N(C[C@H](N)[C@@H](O)C[C@H](C(=O)NCC(C)(C)C(N)=O)C(C)C)CC1=O.O=C(O)/C=C/C(=O)O. The van der Waals surface area contributed by atoms with Crippen molar-refractivity contribution in [3.63, 3.8) is 0 Å². The number of para-hydroxylation sites is 2. The number of aliphatic hydroxyl groups excluding tert-OH is 1. The highest BCUT2D eigenvalue weighted by Gasteiger charge is 2.41. The molecule has 1 aromatic carbocycles. The highest BCUT2D eigenvalue weighted by atomic mass is 16.5. The Morgan fingerprint density at radius 2 is 1.67 bits per heavy atom. The fourth-order valence-corrected chi connectivity index (χ4v) is 4.77. The number of hydrogen-bond acceptors (Lipinski definition) is 10. The van der Waals surface area contributed by atoms with Crippen LogP contribution in [0.1, 0.15) is 48.0 Å². The molecular weight excluding hydrogens is 626 g/mol. The van der Waals surface area contributed by atoms with Crippen molar-refractivity contribution in [2.24, 2.45) is 28.7 Å². The molecule has 1 aliphatic rings. The van der Waals surface area contributed by atoms with E-state index in [1.54, 1.807) is 25.9 Å². The van der Waals surface area contributed by atoms with Gasteiger partial charge in [0, 0.05) is 56.4 Å². The number of aliphatic carboxylic acids is 2. The molecule has 270 valence electrons. The number of carbonyl (C=O) groups is 5. The number of anilines is 1. The van der Waals surface area contributed by atoms with Gasteiger partial charge in [-0.25, -0.2) is 9.59 Å². The van der Waals surface area contributed by atoms with Gasteiger partial charge in [-0.15, -0.1) is 0 Å². The minimum atomic E-state index is -1.26. The van der Waals surface area contributed by atoms with E-state index in [0.717, 1.165) is 0 Å². The molecule has 15 nitrogen and oxygen atoms in total. The van der Waals surface area contributed by atoms with Crippen molar-refractivity contribution >= 4 is 35.3 Å². The molecule has 0 aromatic heterocycles. The van der Waals surface area contributed by atoms with Crippen LogP contribution in [-0.4, -0.2) is 114 Å². The van der Waals surface area contributed by atoms with Gasteiger partial charge in [0.15, 0.2) is 0 Å². The summed E-state index contributed by atoms with van der Waals surface area (Å²) in [5.74, 6) is -3.33. The van der Waals surface area contributed by atoms with Gasteiger partial charge in [-0.1, -0.05) is 26.0 Å². The molecule has 1 saturated heterocycles. The third kappa shape index (κ3) is 13.6. The number of carboxylic acids is 2. The minimum absolute atomic E-state index is 0.0636. The second kappa shape index (κ2) is 19.1. The van der Waals surface area contributed by atoms with Crippen molar-refractivity contribution in [2.75, 3.05) is 51.4 Å². The third-order valence-electron chi connectivity index (χ3n) is 8.03. The number of hydrogen-bond donors (Lipinski definition) is 6. The van der Waals surface area contributed by atoms with E-state index in [0.29, 0.717) is 43.3 Å². The Labute approximate surface area is 282 Å². The lowest BCUT2D eigenvalue weighted by molar-refractivity contribution is -0.134. The van der Waals surface area contributed by atoms with Gasteiger partial charge in [0.1, 0.15) is 12.4 Å². The Balaban J connectivity index is 0.00000127. The van der Waals surface area contributed by atoms with E-state index in [1.165, 1.54) is 0 Å². The molecule has 1 aromatic rings. The van der Waals surface area contributed by atoms with Gasteiger partial charge in [-0.2, -0.15) is 0 Å². The molecular formula is C33H53N5O10. The number of rotatable bonds is 17. The number of primary amides is 1. The second-order valence-electron chi connectivity index (χ2n) is 13.3. The Morgan fingerprint density at radius 1 is 1.08 bits per heavy atom. The summed E-state index contributed by atoms with van der Waals surface area (Å²) in [5, 5.41) is 29.4. The predicted octanol–water partition coefficient (Wildman–Crippen LogP) is 0.829. The van der Waals surface area contributed by atoms with Gasteiger partial charge in [0.05, 0.1) is 30.4 Å². The van der Waals surface area contributed by atoms with E-state index in [1.807, 2.05) is 56.9 Å². The molecule has 48 heavy (non-hydrogen) atoms. The number of aliphatic hydroxyl groups is 1. The number of nitrogens with zero attached hydrogens (tertiary/aromatic N) is 2. The summed E-state index contributed by atoms with van der Waals surface area (Å²) < 4.78 is 10.9. The van der Waals surface area contributed by atoms with Crippen molar-refractivity contribution in [3.05, 3.63) is 36.4 Å². The quantitative estimate of drug-likeness (QED) is 0.0992. The summed E-state index contributed by atoms with van der Waals surface area (Å²) in [6.45, 7) is 12.9. The van der Waals surface area contributed by atoms with Gasteiger partial charge in [-0.3, -0.25) is 19.3 Å². The number of nitrogens with two attached hydrogens (primary N) is 2. The van der Waals surface area contributed by atoms with E-state index < -0.39 is 46.9 Å². The molecule has 1 fully saturated rings. The second-order valence-corrected chi connectivity index (χ2v) is 13.3. The van der Waals surface area contributed by atoms with Crippen molar-refractivity contribution in [3.8, 4) is 5.75 Å². The molecule has 2 rings (SSSR count). The van der Waals surface area contributed by atoms with E-state index in [4.69, 9.17) is 31.2 Å². The zero-order valence-corrected chi connectivity index (χ0v) is 29.0. The smallest absolute Gasteiger partial charge is 0.328 e. The summed E-state index contributed by atoms with van der Waals surface area (Å²) in [6, 6.07) is 6.75. The standard InChI is InChI=1S/C29H49N5O6.C4H4O4/c1-19(2)20(26(37)32-17-28(3,4)27(31)38)14-23(35)21(30)15-33-16-25(36)34(18-29(33,5)6)22-10-8-9-11-24(22)40-13-12-39-7;5-3(6)1-2-4(7)8/h8-11,19-21,23,35H,12-18,30H2,1-7H3,(H2,31,38)(H,32,37);1-2H,(H,5,6)(H,7,8)/b;2-1+/t20-,21-,23-;/m0./s1. The Kier molecular flexibility index (Phi) is 16.7. The first-order valence-corrected chi connectivity index (χ1v) is 15.6. The fraction of sp³-hybridized carbons (Fsp3) is 0.606. The van der Waals surface area contributed by atoms with Crippen LogP contribution < -0.4 is 26.4 Å². The van der Waals surface area contributed by atoms with Crippen LogP contribution in [0.5, 0.6) is 5.75 Å². The monoisotopic (exact) mass is 679 g/mol. The Morgan fingerprint density at radius 3 is 2.19 bits per heavy atom. The van der Waals surface area contributed by atoms with E-state index in [2.05, 4.69) is 5.32 Å². The van der Waals surface area contributed by atoms with Gasteiger partial charge in [-0.05, 0) is 52.2 Å². The average molecular weight is 680 g/mol. The molecule has 3 atom stereocenters. The number of amides is 3. The number of methoxy groups -OCH3 is 1. The number of carbonyl (C=O) groups excluding carboxylic acids is 3. The molecule has 1 aliphatic heterocycles. The molecule has 15 heteroatoms. The lowest BCUT2D eigenvalue weighted by Crippen LogP contribution is -2.64. The van der Waals surface area contributed by atoms with Crippen molar-refractivity contribution in [2.45, 2.75) is 65.6 Å². The van der Waals surface area contributed by atoms with Crippen LogP contribution in [0.25, 0.3) is 0 Å². The van der Waals surface area contributed by atoms with Crippen LogP contribution in [0.2, 0.25) is 0 Å². The topological polar surface area (TPSA) is 235 Å². The fourth-order valence-electron chi connectivity index (χ4n) is 4.77. The van der Waals surface area contributed by atoms with Gasteiger partial charge in [0.2, 0.25) is 17.7 Å². The number of ether oxygens (including phenoxy) is 2. The molecule has 0 saturated carbocycles. The largest absolute Gasteiger partial charge is 0.489 e. The lowest BCUT2D eigenvalue weighted by atomic mass is 9.86.